The van der Waals surface area contributed by atoms with Crippen molar-refractivity contribution in [3.8, 4) is 0 Å². The van der Waals surface area contributed by atoms with Gasteiger partial charge in [0.2, 0.25) is 0 Å². The summed E-state index contributed by atoms with van der Waals surface area (Å²) in [5.41, 5.74) is 0. The van der Waals surface area contributed by atoms with Crippen molar-refractivity contribution in [2.45, 2.75) is 30.0 Å². The standard InChI is InChI=1S/C6H11ClO5/c7-3-5(10)4(9)2(1-8)12-6(3)11/h2-6,8-11H,1H2/t2?,3-,4-,5?,6+/m0/s1. The molecule has 5 nitrogen and oxygen atoms in total. The van der Waals surface area contributed by atoms with Gasteiger partial charge in [0, 0.05) is 0 Å². The summed E-state index contributed by atoms with van der Waals surface area (Å²) in [7, 11) is 0. The number of alkyl halides is 1. The van der Waals surface area contributed by atoms with Gasteiger partial charge in [-0.05, 0) is 0 Å². The monoisotopic (exact) mass is 198 g/mol. The molecule has 1 saturated heterocycles. The van der Waals surface area contributed by atoms with Crippen molar-refractivity contribution in [2.24, 2.45) is 0 Å². The van der Waals surface area contributed by atoms with E-state index in [1.807, 2.05) is 0 Å². The van der Waals surface area contributed by atoms with Gasteiger partial charge in [-0.15, -0.1) is 11.6 Å². The number of ether oxygens (including phenoxy) is 1. The van der Waals surface area contributed by atoms with E-state index in [9.17, 15) is 10.2 Å². The Kier molecular flexibility index (Phi) is 3.28. The minimum absolute atomic E-state index is 0.473. The van der Waals surface area contributed by atoms with E-state index in [4.69, 9.17) is 26.6 Å². The molecule has 0 aromatic heterocycles. The van der Waals surface area contributed by atoms with E-state index >= 15 is 0 Å². The zero-order valence-electron chi connectivity index (χ0n) is 6.17. The highest BCUT2D eigenvalue weighted by molar-refractivity contribution is 6.21. The summed E-state index contributed by atoms with van der Waals surface area (Å²) >= 11 is 5.47. The summed E-state index contributed by atoms with van der Waals surface area (Å²) in [5.74, 6) is 0. The van der Waals surface area contributed by atoms with Gasteiger partial charge < -0.3 is 25.2 Å². The third kappa shape index (κ3) is 1.71. The molecule has 12 heavy (non-hydrogen) atoms. The highest BCUT2D eigenvalue weighted by Crippen LogP contribution is 2.23. The Morgan fingerprint density at radius 2 is 1.75 bits per heavy atom. The van der Waals surface area contributed by atoms with E-state index in [0.717, 1.165) is 0 Å². The van der Waals surface area contributed by atoms with Gasteiger partial charge in [0.05, 0.1) is 6.61 Å². The lowest BCUT2D eigenvalue weighted by molar-refractivity contribution is -0.236. The SMILES string of the molecule is OCC1O[C@@H](O)[C@@H](Cl)C(O)[C@H]1O. The van der Waals surface area contributed by atoms with Crippen LogP contribution in [0.3, 0.4) is 0 Å². The van der Waals surface area contributed by atoms with E-state index in [1.54, 1.807) is 0 Å². The van der Waals surface area contributed by atoms with Crippen molar-refractivity contribution in [3.63, 3.8) is 0 Å². The predicted octanol–water partition coefficient (Wildman–Crippen LogP) is -1.97. The Labute approximate surface area is 74.2 Å². The number of rotatable bonds is 1. The molecule has 4 N–H and O–H groups in total. The first-order valence-corrected chi connectivity index (χ1v) is 3.96. The molecule has 72 valence electrons. The van der Waals surface area contributed by atoms with Crippen LogP contribution in [0.5, 0.6) is 0 Å². The number of hydrogen-bond acceptors (Lipinski definition) is 5. The molecule has 2 unspecified atom stereocenters. The van der Waals surface area contributed by atoms with Crippen LogP contribution in [-0.4, -0.2) is 57.0 Å². The molecule has 0 radical (unpaired) electrons. The van der Waals surface area contributed by atoms with Gasteiger partial charge >= 0.3 is 0 Å². The van der Waals surface area contributed by atoms with Crippen LogP contribution in [0, 0.1) is 0 Å². The third-order valence-corrected chi connectivity index (χ3v) is 2.30. The molecule has 1 heterocycles. The summed E-state index contributed by atoms with van der Waals surface area (Å²) < 4.78 is 4.69. The molecule has 0 saturated carbocycles. The van der Waals surface area contributed by atoms with Crippen LogP contribution in [0.4, 0.5) is 0 Å². The van der Waals surface area contributed by atoms with Crippen molar-refractivity contribution >= 4 is 11.6 Å². The molecule has 0 aromatic rings. The van der Waals surface area contributed by atoms with Crippen molar-refractivity contribution in [1.82, 2.24) is 0 Å². The van der Waals surface area contributed by atoms with E-state index in [0.29, 0.717) is 0 Å². The Hall–Kier alpha value is 0.0900. The van der Waals surface area contributed by atoms with Gasteiger partial charge in [-0.1, -0.05) is 0 Å². The van der Waals surface area contributed by atoms with Crippen LogP contribution in [0.2, 0.25) is 0 Å². The maximum Gasteiger partial charge on any atom is 0.174 e. The van der Waals surface area contributed by atoms with Crippen LogP contribution in [0.25, 0.3) is 0 Å². The molecule has 0 aliphatic carbocycles. The minimum Gasteiger partial charge on any atom is -0.394 e. The summed E-state index contributed by atoms with van der Waals surface area (Å²) in [4.78, 5) is 0. The van der Waals surface area contributed by atoms with Crippen LogP contribution >= 0.6 is 11.6 Å². The fourth-order valence-corrected chi connectivity index (χ4v) is 1.27. The van der Waals surface area contributed by atoms with Crippen LogP contribution in [0.1, 0.15) is 0 Å². The predicted molar refractivity (Wildman–Crippen MR) is 39.6 cm³/mol. The summed E-state index contributed by atoms with van der Waals surface area (Å²) in [6.45, 7) is -0.473. The average molecular weight is 199 g/mol. The second kappa shape index (κ2) is 3.87. The summed E-state index contributed by atoms with van der Waals surface area (Å²) in [5, 5.41) is 35.0. The molecular weight excluding hydrogens is 188 g/mol. The van der Waals surface area contributed by atoms with Gasteiger partial charge in [0.25, 0.3) is 0 Å². The lowest BCUT2D eigenvalue weighted by Crippen LogP contribution is -2.56. The highest BCUT2D eigenvalue weighted by Gasteiger charge is 2.42. The molecule has 0 amide bonds. The number of halogens is 1. The first-order chi connectivity index (χ1) is 5.57. The molecule has 0 spiro atoms. The van der Waals surface area contributed by atoms with Crippen LogP contribution in [-0.2, 0) is 4.74 Å². The minimum atomic E-state index is -1.36. The maximum absolute atomic E-state index is 9.20. The smallest absolute Gasteiger partial charge is 0.174 e. The molecule has 1 aliphatic heterocycles. The average Bonchev–Trinajstić information content (AvgIpc) is 2.08. The lowest BCUT2D eigenvalue weighted by Gasteiger charge is -2.37. The summed E-state index contributed by atoms with van der Waals surface area (Å²) in [6, 6.07) is 0. The van der Waals surface area contributed by atoms with Gasteiger partial charge in [-0.25, -0.2) is 0 Å². The largest absolute Gasteiger partial charge is 0.394 e. The highest BCUT2D eigenvalue weighted by atomic mass is 35.5. The Bertz CT molecular complexity index is 150. The number of aliphatic hydroxyl groups excluding tert-OH is 4. The third-order valence-electron chi connectivity index (χ3n) is 1.82. The van der Waals surface area contributed by atoms with E-state index in [-0.39, 0.29) is 0 Å². The normalized spacial score (nSPS) is 49.2. The molecule has 1 rings (SSSR count). The molecular formula is C6H11ClO5. The lowest BCUT2D eigenvalue weighted by atomic mass is 10.0. The Morgan fingerprint density at radius 3 is 2.25 bits per heavy atom. The van der Waals surface area contributed by atoms with Crippen molar-refractivity contribution in [2.75, 3.05) is 6.61 Å². The van der Waals surface area contributed by atoms with Crippen molar-refractivity contribution in [1.29, 1.82) is 0 Å². The topological polar surface area (TPSA) is 90.2 Å². The van der Waals surface area contributed by atoms with Gasteiger partial charge in [0.15, 0.2) is 6.29 Å². The number of aliphatic hydroxyl groups is 4. The van der Waals surface area contributed by atoms with Crippen LogP contribution < -0.4 is 0 Å². The van der Waals surface area contributed by atoms with Crippen molar-refractivity contribution < 1.29 is 25.2 Å². The molecule has 1 fully saturated rings. The van der Waals surface area contributed by atoms with E-state index < -0.39 is 36.6 Å². The Morgan fingerprint density at radius 1 is 1.17 bits per heavy atom. The van der Waals surface area contributed by atoms with E-state index in [1.165, 1.54) is 0 Å². The number of hydrogen-bond donors (Lipinski definition) is 4. The van der Waals surface area contributed by atoms with Gasteiger partial charge in [-0.2, -0.15) is 0 Å². The fraction of sp³-hybridized carbons (Fsp3) is 1.00. The van der Waals surface area contributed by atoms with Crippen LogP contribution in [0.15, 0.2) is 0 Å². The Balaban J connectivity index is 2.63. The molecule has 0 bridgehead atoms. The van der Waals surface area contributed by atoms with Gasteiger partial charge in [-0.3, -0.25) is 0 Å². The second-order valence-electron chi connectivity index (χ2n) is 2.67. The molecule has 0 aromatic carbocycles. The quantitative estimate of drug-likeness (QED) is 0.367. The zero-order valence-corrected chi connectivity index (χ0v) is 6.92. The molecule has 1 aliphatic rings. The van der Waals surface area contributed by atoms with Gasteiger partial charge in [0.1, 0.15) is 23.7 Å². The molecule has 5 atom stereocenters. The first kappa shape index (κ1) is 10.2. The maximum atomic E-state index is 9.20. The second-order valence-corrected chi connectivity index (χ2v) is 3.18. The summed E-state index contributed by atoms with van der Waals surface area (Å²) in [6.07, 6.45) is -4.89. The van der Waals surface area contributed by atoms with Crippen molar-refractivity contribution in [3.05, 3.63) is 0 Å². The molecule has 6 heteroatoms. The zero-order chi connectivity index (χ0) is 9.30. The fourth-order valence-electron chi connectivity index (χ4n) is 1.06. The first-order valence-electron chi connectivity index (χ1n) is 3.52. The van der Waals surface area contributed by atoms with E-state index in [2.05, 4.69) is 0 Å².